The average Bonchev–Trinajstić information content (AvgIpc) is 3.25. The summed E-state index contributed by atoms with van der Waals surface area (Å²) in [4.78, 5) is 12.3. The lowest BCUT2D eigenvalue weighted by Gasteiger charge is -2.11. The van der Waals surface area contributed by atoms with Crippen molar-refractivity contribution in [1.82, 2.24) is 20.2 Å². The second-order valence-electron chi connectivity index (χ2n) is 5.21. The molecule has 0 bridgehead atoms. The fourth-order valence-electron chi connectivity index (χ4n) is 2.53. The van der Waals surface area contributed by atoms with Gasteiger partial charge >= 0.3 is 0 Å². The molecule has 1 N–H and O–H groups in total. The van der Waals surface area contributed by atoms with Crippen molar-refractivity contribution in [1.29, 1.82) is 0 Å². The molecule has 1 amide bonds. The number of carbonyl (C=O) groups excluding carboxylic acids is 1. The zero-order valence-corrected chi connectivity index (χ0v) is 12.1. The molecule has 1 atom stereocenters. The fourth-order valence-corrected chi connectivity index (χ4v) is 2.53. The molecular formula is C16H13N5O2. The van der Waals surface area contributed by atoms with Crippen molar-refractivity contribution in [2.75, 3.05) is 5.32 Å². The van der Waals surface area contributed by atoms with Gasteiger partial charge in [-0.2, -0.15) is 0 Å². The van der Waals surface area contributed by atoms with Crippen molar-refractivity contribution in [2.24, 2.45) is 0 Å². The Bertz CT molecular complexity index is 805. The van der Waals surface area contributed by atoms with Gasteiger partial charge in [0.1, 0.15) is 12.1 Å². The highest BCUT2D eigenvalue weighted by Crippen LogP contribution is 2.28. The second-order valence-corrected chi connectivity index (χ2v) is 5.21. The third kappa shape index (κ3) is 2.64. The van der Waals surface area contributed by atoms with Crippen LogP contribution in [0.2, 0.25) is 0 Å². The van der Waals surface area contributed by atoms with E-state index in [1.165, 1.54) is 6.33 Å². The van der Waals surface area contributed by atoms with E-state index in [0.717, 1.165) is 17.0 Å². The van der Waals surface area contributed by atoms with Crippen LogP contribution in [-0.2, 0) is 11.2 Å². The quantitative estimate of drug-likeness (QED) is 0.795. The van der Waals surface area contributed by atoms with E-state index < -0.39 is 6.10 Å². The minimum atomic E-state index is -0.494. The number of ether oxygens (including phenoxy) is 1. The lowest BCUT2D eigenvalue weighted by atomic mass is 10.1. The number of nitrogens with zero attached hydrogens (tertiary/aromatic N) is 4. The Hall–Kier alpha value is -3.22. The molecule has 0 saturated carbocycles. The van der Waals surface area contributed by atoms with Crippen LogP contribution in [-0.4, -0.2) is 32.2 Å². The molecule has 2 aromatic carbocycles. The molecule has 0 aliphatic carbocycles. The molecule has 23 heavy (non-hydrogen) atoms. The number of rotatable bonds is 3. The van der Waals surface area contributed by atoms with Gasteiger partial charge in [0.15, 0.2) is 6.10 Å². The molecule has 2 heterocycles. The maximum absolute atomic E-state index is 12.3. The Morgan fingerprint density at radius 2 is 2.00 bits per heavy atom. The first-order valence-electron chi connectivity index (χ1n) is 7.18. The van der Waals surface area contributed by atoms with Gasteiger partial charge in [-0.1, -0.05) is 18.2 Å². The van der Waals surface area contributed by atoms with Crippen LogP contribution >= 0.6 is 0 Å². The molecule has 114 valence electrons. The van der Waals surface area contributed by atoms with Crippen LogP contribution in [0.25, 0.3) is 5.69 Å². The predicted octanol–water partition coefficient (Wildman–Crippen LogP) is 1.60. The number of benzene rings is 2. The zero-order chi connectivity index (χ0) is 15.6. The molecular weight excluding hydrogens is 294 g/mol. The van der Waals surface area contributed by atoms with E-state index in [0.29, 0.717) is 12.1 Å². The van der Waals surface area contributed by atoms with E-state index in [-0.39, 0.29) is 5.91 Å². The first-order valence-corrected chi connectivity index (χ1v) is 7.18. The Kier molecular flexibility index (Phi) is 3.23. The molecule has 1 unspecified atom stereocenters. The monoisotopic (exact) mass is 307 g/mol. The van der Waals surface area contributed by atoms with E-state index >= 15 is 0 Å². The number of carbonyl (C=O) groups is 1. The van der Waals surface area contributed by atoms with Gasteiger partial charge in [0.05, 0.1) is 5.69 Å². The topological polar surface area (TPSA) is 81.9 Å². The van der Waals surface area contributed by atoms with E-state index in [4.69, 9.17) is 4.74 Å². The molecule has 7 heteroatoms. The summed E-state index contributed by atoms with van der Waals surface area (Å²) >= 11 is 0. The number of fused-ring (bicyclic) bond motifs is 1. The summed E-state index contributed by atoms with van der Waals surface area (Å²) in [5, 5.41) is 13.9. The Morgan fingerprint density at radius 3 is 2.74 bits per heavy atom. The molecule has 0 radical (unpaired) electrons. The molecule has 3 aromatic rings. The van der Waals surface area contributed by atoms with Gasteiger partial charge in [-0.05, 0) is 46.3 Å². The van der Waals surface area contributed by atoms with Crippen molar-refractivity contribution >= 4 is 11.6 Å². The molecule has 0 spiro atoms. The maximum Gasteiger partial charge on any atom is 0.265 e. The summed E-state index contributed by atoms with van der Waals surface area (Å²) in [6.07, 6.45) is 1.61. The van der Waals surface area contributed by atoms with E-state index in [2.05, 4.69) is 20.8 Å². The van der Waals surface area contributed by atoms with Crippen molar-refractivity contribution in [2.45, 2.75) is 12.5 Å². The number of para-hydroxylation sites is 1. The Labute approximate surface area is 131 Å². The van der Waals surface area contributed by atoms with E-state index in [9.17, 15) is 4.79 Å². The third-order valence-corrected chi connectivity index (χ3v) is 3.69. The van der Waals surface area contributed by atoms with Gasteiger partial charge < -0.3 is 10.1 Å². The van der Waals surface area contributed by atoms with E-state index in [1.807, 2.05) is 36.4 Å². The number of hydrogen-bond donors (Lipinski definition) is 1. The van der Waals surface area contributed by atoms with Gasteiger partial charge in [0, 0.05) is 12.1 Å². The summed E-state index contributed by atoms with van der Waals surface area (Å²) in [5.41, 5.74) is 2.57. The van der Waals surface area contributed by atoms with Crippen LogP contribution in [0.4, 0.5) is 5.69 Å². The van der Waals surface area contributed by atoms with Crippen molar-refractivity contribution in [3.8, 4) is 11.4 Å². The highest BCUT2D eigenvalue weighted by molar-refractivity contribution is 5.95. The zero-order valence-electron chi connectivity index (χ0n) is 12.1. The lowest BCUT2D eigenvalue weighted by Crippen LogP contribution is -2.31. The van der Waals surface area contributed by atoms with Gasteiger partial charge in [0.25, 0.3) is 5.91 Å². The number of tetrazole rings is 1. The van der Waals surface area contributed by atoms with Crippen molar-refractivity contribution in [3.05, 3.63) is 60.4 Å². The third-order valence-electron chi connectivity index (χ3n) is 3.69. The van der Waals surface area contributed by atoms with Crippen LogP contribution in [0, 0.1) is 0 Å². The van der Waals surface area contributed by atoms with Gasteiger partial charge in [-0.25, -0.2) is 4.68 Å². The maximum atomic E-state index is 12.3. The summed E-state index contributed by atoms with van der Waals surface area (Å²) < 4.78 is 7.22. The number of hydrogen-bond acceptors (Lipinski definition) is 5. The first-order chi connectivity index (χ1) is 11.3. The SMILES string of the molecule is O=C(Nc1ccc(-n2cnnn2)cc1)C1Cc2ccccc2O1. The highest BCUT2D eigenvalue weighted by Gasteiger charge is 2.28. The standard InChI is InChI=1S/C16H13N5O2/c22-16(15-9-11-3-1-2-4-14(11)23-15)18-12-5-7-13(8-6-12)21-10-17-19-20-21/h1-8,10,15H,9H2,(H,18,22). The number of aromatic nitrogens is 4. The van der Waals surface area contributed by atoms with Gasteiger partial charge in [-0.3, -0.25) is 4.79 Å². The minimum absolute atomic E-state index is 0.156. The predicted molar refractivity (Wildman–Crippen MR) is 82.3 cm³/mol. The molecule has 0 fully saturated rings. The average molecular weight is 307 g/mol. The van der Waals surface area contributed by atoms with E-state index in [1.54, 1.807) is 16.8 Å². The molecule has 4 rings (SSSR count). The molecule has 1 aliphatic heterocycles. The summed E-state index contributed by atoms with van der Waals surface area (Å²) in [6, 6.07) is 15.0. The minimum Gasteiger partial charge on any atom is -0.480 e. The molecule has 7 nitrogen and oxygen atoms in total. The van der Waals surface area contributed by atoms with Gasteiger partial charge in [0.2, 0.25) is 0 Å². The van der Waals surface area contributed by atoms with Crippen LogP contribution in [0.15, 0.2) is 54.9 Å². The van der Waals surface area contributed by atoms with Crippen LogP contribution in [0.5, 0.6) is 5.75 Å². The smallest absolute Gasteiger partial charge is 0.265 e. The molecule has 1 aromatic heterocycles. The van der Waals surface area contributed by atoms with Crippen molar-refractivity contribution in [3.63, 3.8) is 0 Å². The normalized spacial score (nSPS) is 15.7. The molecule has 0 saturated heterocycles. The molecule has 1 aliphatic rings. The van der Waals surface area contributed by atoms with Crippen molar-refractivity contribution < 1.29 is 9.53 Å². The second kappa shape index (κ2) is 5.53. The fraction of sp³-hybridized carbons (Fsp3) is 0.125. The van der Waals surface area contributed by atoms with Crippen LogP contribution < -0.4 is 10.1 Å². The number of nitrogens with one attached hydrogen (secondary N) is 1. The lowest BCUT2D eigenvalue weighted by molar-refractivity contribution is -0.122. The number of amides is 1. The number of anilines is 1. The van der Waals surface area contributed by atoms with Gasteiger partial charge in [-0.15, -0.1) is 5.10 Å². The summed E-state index contributed by atoms with van der Waals surface area (Å²) in [7, 11) is 0. The van der Waals surface area contributed by atoms with Crippen LogP contribution in [0.3, 0.4) is 0 Å². The Balaban J connectivity index is 1.44. The largest absolute Gasteiger partial charge is 0.480 e. The summed E-state index contributed by atoms with van der Waals surface area (Å²) in [5.74, 6) is 0.623. The van der Waals surface area contributed by atoms with Crippen LogP contribution in [0.1, 0.15) is 5.56 Å². The Morgan fingerprint density at radius 1 is 1.17 bits per heavy atom. The highest BCUT2D eigenvalue weighted by atomic mass is 16.5. The first kappa shape index (κ1) is 13.4. The summed E-state index contributed by atoms with van der Waals surface area (Å²) in [6.45, 7) is 0.